The van der Waals surface area contributed by atoms with Crippen molar-refractivity contribution in [2.24, 2.45) is 7.05 Å². The third kappa shape index (κ3) is 2.02. The lowest BCUT2D eigenvalue weighted by molar-refractivity contribution is 0.0699. The Kier molecular flexibility index (Phi) is 2.91. The minimum atomic E-state index is -0.999. The number of nitrogens with zero attached hydrogens (tertiary/aromatic N) is 3. The van der Waals surface area contributed by atoms with Gasteiger partial charge in [0.05, 0.1) is 22.8 Å². The van der Waals surface area contributed by atoms with Crippen molar-refractivity contribution in [1.29, 1.82) is 0 Å². The highest BCUT2D eigenvalue weighted by atomic mass is 35.5. The van der Waals surface area contributed by atoms with Gasteiger partial charge in [-0.1, -0.05) is 23.7 Å². The van der Waals surface area contributed by atoms with Crippen LogP contribution in [0.3, 0.4) is 0 Å². The molecule has 0 radical (unpaired) electrons. The quantitative estimate of drug-likeness (QED) is 0.787. The molecule has 3 rings (SSSR count). The van der Waals surface area contributed by atoms with Crippen molar-refractivity contribution in [3.8, 4) is 11.3 Å². The number of hydrogen-bond acceptors (Lipinski definition) is 3. The number of pyridine rings is 1. The maximum absolute atomic E-state index is 11.4. The van der Waals surface area contributed by atoms with Gasteiger partial charge in [0, 0.05) is 17.6 Å². The van der Waals surface area contributed by atoms with Gasteiger partial charge in [-0.05, 0) is 18.2 Å². The highest BCUT2D eigenvalue weighted by Gasteiger charge is 2.15. The molecule has 100 valence electrons. The van der Waals surface area contributed by atoms with Gasteiger partial charge >= 0.3 is 5.97 Å². The molecule has 0 saturated heterocycles. The van der Waals surface area contributed by atoms with E-state index in [1.165, 1.54) is 6.20 Å². The fourth-order valence-electron chi connectivity index (χ4n) is 2.06. The summed E-state index contributed by atoms with van der Waals surface area (Å²) in [6, 6.07) is 8.64. The van der Waals surface area contributed by atoms with E-state index in [0.717, 1.165) is 5.56 Å². The van der Waals surface area contributed by atoms with E-state index in [1.807, 2.05) is 0 Å². The standard InChI is InChI=1S/C14H10ClN3O2/c1-18-13-11(7-16-18)10(14(19)20)6-12(17-13)8-2-4-9(15)5-3-8/h2-7H,1H3,(H,19,20). The summed E-state index contributed by atoms with van der Waals surface area (Å²) in [6.45, 7) is 0. The molecule has 1 N–H and O–H groups in total. The Hall–Kier alpha value is -2.40. The molecule has 0 fully saturated rings. The summed E-state index contributed by atoms with van der Waals surface area (Å²) in [6.07, 6.45) is 1.51. The zero-order valence-corrected chi connectivity index (χ0v) is 11.3. The smallest absolute Gasteiger partial charge is 0.336 e. The van der Waals surface area contributed by atoms with E-state index in [4.69, 9.17) is 11.6 Å². The minimum Gasteiger partial charge on any atom is -0.478 e. The first-order valence-electron chi connectivity index (χ1n) is 5.88. The van der Waals surface area contributed by atoms with Crippen LogP contribution in [0, 0.1) is 0 Å². The number of fused-ring (bicyclic) bond motifs is 1. The molecule has 6 heteroatoms. The Morgan fingerprint density at radius 2 is 2.00 bits per heavy atom. The molecular weight excluding hydrogens is 278 g/mol. The summed E-state index contributed by atoms with van der Waals surface area (Å²) in [5.41, 5.74) is 2.11. The Morgan fingerprint density at radius 1 is 1.30 bits per heavy atom. The summed E-state index contributed by atoms with van der Waals surface area (Å²) in [7, 11) is 1.73. The molecule has 2 heterocycles. The van der Waals surface area contributed by atoms with Gasteiger partial charge in [-0.15, -0.1) is 0 Å². The molecule has 0 bridgehead atoms. The molecule has 5 nitrogen and oxygen atoms in total. The number of carboxylic acid groups (broad SMARTS) is 1. The number of benzene rings is 1. The molecule has 0 saturated carbocycles. The summed E-state index contributed by atoms with van der Waals surface area (Å²) in [5, 5.41) is 14.5. The van der Waals surface area contributed by atoms with E-state index in [-0.39, 0.29) is 5.56 Å². The van der Waals surface area contributed by atoms with Gasteiger partial charge in [0.1, 0.15) is 0 Å². The minimum absolute atomic E-state index is 0.188. The van der Waals surface area contributed by atoms with Crippen molar-refractivity contribution in [3.05, 3.63) is 47.1 Å². The second-order valence-corrected chi connectivity index (χ2v) is 4.81. The summed E-state index contributed by atoms with van der Waals surface area (Å²) in [4.78, 5) is 15.8. The highest BCUT2D eigenvalue weighted by molar-refractivity contribution is 6.30. The molecule has 0 aliphatic rings. The van der Waals surface area contributed by atoms with Gasteiger partial charge in [0.2, 0.25) is 0 Å². The van der Waals surface area contributed by atoms with Crippen molar-refractivity contribution >= 4 is 28.6 Å². The Bertz CT molecular complexity index is 809. The van der Waals surface area contributed by atoms with E-state index in [1.54, 1.807) is 42.1 Å². The van der Waals surface area contributed by atoms with Crippen molar-refractivity contribution < 1.29 is 9.90 Å². The maximum atomic E-state index is 11.4. The van der Waals surface area contributed by atoms with Crippen molar-refractivity contribution in [1.82, 2.24) is 14.8 Å². The molecule has 1 aromatic carbocycles. The number of rotatable bonds is 2. The van der Waals surface area contributed by atoms with Crippen LogP contribution in [0.5, 0.6) is 0 Å². The van der Waals surface area contributed by atoms with Gasteiger partial charge in [-0.25, -0.2) is 9.78 Å². The van der Waals surface area contributed by atoms with Crippen LogP contribution in [0.4, 0.5) is 0 Å². The van der Waals surface area contributed by atoms with Crippen LogP contribution < -0.4 is 0 Å². The van der Waals surface area contributed by atoms with Crippen LogP contribution in [0.25, 0.3) is 22.3 Å². The van der Waals surface area contributed by atoms with E-state index in [0.29, 0.717) is 21.7 Å². The fourth-order valence-corrected chi connectivity index (χ4v) is 2.19. The lowest BCUT2D eigenvalue weighted by Gasteiger charge is -2.05. The van der Waals surface area contributed by atoms with Crippen LogP contribution in [0.2, 0.25) is 5.02 Å². The average molecular weight is 288 g/mol. The lowest BCUT2D eigenvalue weighted by Crippen LogP contribution is -2.01. The van der Waals surface area contributed by atoms with Gasteiger partial charge in [-0.2, -0.15) is 5.10 Å². The number of hydrogen-bond donors (Lipinski definition) is 1. The summed E-state index contributed by atoms with van der Waals surface area (Å²) >= 11 is 5.86. The predicted octanol–water partition coefficient (Wildman–Crippen LogP) is 2.99. The van der Waals surface area contributed by atoms with Crippen LogP contribution in [0.1, 0.15) is 10.4 Å². The normalized spacial score (nSPS) is 10.9. The molecule has 0 aliphatic heterocycles. The SMILES string of the molecule is Cn1ncc2c(C(=O)O)cc(-c3ccc(Cl)cc3)nc21. The molecule has 0 aliphatic carbocycles. The average Bonchev–Trinajstić information content (AvgIpc) is 2.80. The molecule has 0 atom stereocenters. The lowest BCUT2D eigenvalue weighted by atomic mass is 10.1. The van der Waals surface area contributed by atoms with Gasteiger partial charge in [0.25, 0.3) is 0 Å². The third-order valence-corrected chi connectivity index (χ3v) is 3.33. The number of halogens is 1. The van der Waals surface area contributed by atoms with E-state index >= 15 is 0 Å². The second-order valence-electron chi connectivity index (χ2n) is 4.37. The first kappa shape index (κ1) is 12.6. The number of aromatic nitrogens is 3. The van der Waals surface area contributed by atoms with E-state index in [2.05, 4.69) is 10.1 Å². The van der Waals surface area contributed by atoms with Crippen LogP contribution in [-0.2, 0) is 7.05 Å². The van der Waals surface area contributed by atoms with Crippen LogP contribution in [-0.4, -0.2) is 25.8 Å². The number of aryl methyl sites for hydroxylation is 1. The van der Waals surface area contributed by atoms with Crippen molar-refractivity contribution in [3.63, 3.8) is 0 Å². The molecule has 20 heavy (non-hydrogen) atoms. The Morgan fingerprint density at radius 3 is 2.65 bits per heavy atom. The van der Waals surface area contributed by atoms with Gasteiger partial charge in [0.15, 0.2) is 5.65 Å². The van der Waals surface area contributed by atoms with Crippen molar-refractivity contribution in [2.75, 3.05) is 0 Å². The van der Waals surface area contributed by atoms with Gasteiger partial charge in [-0.3, -0.25) is 4.68 Å². The van der Waals surface area contributed by atoms with Crippen molar-refractivity contribution in [2.45, 2.75) is 0 Å². The molecule has 0 unspecified atom stereocenters. The Balaban J connectivity index is 2.28. The molecule has 2 aromatic heterocycles. The molecular formula is C14H10ClN3O2. The highest BCUT2D eigenvalue weighted by Crippen LogP contribution is 2.25. The molecule has 3 aromatic rings. The van der Waals surface area contributed by atoms with Crippen LogP contribution >= 0.6 is 11.6 Å². The van der Waals surface area contributed by atoms with Gasteiger partial charge < -0.3 is 5.11 Å². The topological polar surface area (TPSA) is 68.0 Å². The molecule has 0 amide bonds. The maximum Gasteiger partial charge on any atom is 0.336 e. The first-order valence-corrected chi connectivity index (χ1v) is 6.26. The Labute approximate surface area is 119 Å². The zero-order valence-electron chi connectivity index (χ0n) is 10.5. The summed E-state index contributed by atoms with van der Waals surface area (Å²) < 4.78 is 1.56. The second kappa shape index (κ2) is 4.61. The first-order chi connectivity index (χ1) is 9.56. The number of carboxylic acids is 1. The summed E-state index contributed by atoms with van der Waals surface area (Å²) in [5.74, 6) is -0.999. The third-order valence-electron chi connectivity index (χ3n) is 3.08. The number of aromatic carboxylic acids is 1. The number of carbonyl (C=O) groups is 1. The predicted molar refractivity (Wildman–Crippen MR) is 75.9 cm³/mol. The van der Waals surface area contributed by atoms with E-state index < -0.39 is 5.97 Å². The zero-order chi connectivity index (χ0) is 14.3. The molecule has 0 spiro atoms. The van der Waals surface area contributed by atoms with Crippen LogP contribution in [0.15, 0.2) is 36.5 Å². The monoisotopic (exact) mass is 287 g/mol. The van der Waals surface area contributed by atoms with E-state index in [9.17, 15) is 9.90 Å². The fraction of sp³-hybridized carbons (Fsp3) is 0.0714. The largest absolute Gasteiger partial charge is 0.478 e.